The van der Waals surface area contributed by atoms with E-state index in [1.165, 1.54) is 6.42 Å². The van der Waals surface area contributed by atoms with Gasteiger partial charge in [0, 0.05) is 12.4 Å². The average molecular weight is 138 g/mol. The van der Waals surface area contributed by atoms with Gasteiger partial charge >= 0.3 is 0 Å². The van der Waals surface area contributed by atoms with Gasteiger partial charge in [-0.3, -0.25) is 9.48 Å². The predicted molar refractivity (Wildman–Crippen MR) is 35.7 cm³/mol. The minimum Gasteiger partial charge on any atom is -0.369 e. The number of aromatic nitrogens is 2. The third-order valence-corrected chi connectivity index (χ3v) is 1.04. The van der Waals surface area contributed by atoms with Gasteiger partial charge in [0.2, 0.25) is 5.91 Å². The van der Waals surface area contributed by atoms with Crippen molar-refractivity contribution in [3.05, 3.63) is 24.9 Å². The molecular formula is C6H8N3O. The molecule has 1 rings (SSSR count). The maximum Gasteiger partial charge on any atom is 0.223 e. The molecule has 2 N–H and O–H groups in total. The van der Waals surface area contributed by atoms with Crippen molar-refractivity contribution in [3.63, 3.8) is 0 Å². The second-order valence-corrected chi connectivity index (χ2v) is 1.83. The van der Waals surface area contributed by atoms with Gasteiger partial charge in [-0.15, -0.1) is 0 Å². The highest BCUT2D eigenvalue weighted by molar-refractivity contribution is 5.82. The molecule has 4 nitrogen and oxygen atoms in total. The third-order valence-electron chi connectivity index (χ3n) is 1.04. The first-order valence-corrected chi connectivity index (χ1v) is 2.89. The van der Waals surface area contributed by atoms with Crippen LogP contribution in [0.4, 0.5) is 0 Å². The summed E-state index contributed by atoms with van der Waals surface area (Å²) >= 11 is 0. The number of carbonyl (C=O) groups is 1. The quantitative estimate of drug-likeness (QED) is 0.616. The van der Waals surface area contributed by atoms with E-state index in [0.29, 0.717) is 6.54 Å². The zero-order valence-electron chi connectivity index (χ0n) is 5.40. The third kappa shape index (κ3) is 1.89. The van der Waals surface area contributed by atoms with Gasteiger partial charge in [-0.25, -0.2) is 0 Å². The van der Waals surface area contributed by atoms with Crippen LogP contribution in [0, 0.1) is 6.42 Å². The van der Waals surface area contributed by atoms with E-state index in [9.17, 15) is 4.79 Å². The fourth-order valence-electron chi connectivity index (χ4n) is 0.592. The molecule has 0 saturated carbocycles. The van der Waals surface area contributed by atoms with E-state index in [1.54, 1.807) is 23.1 Å². The van der Waals surface area contributed by atoms with Gasteiger partial charge in [-0.05, 0) is 6.07 Å². The van der Waals surface area contributed by atoms with Crippen molar-refractivity contribution in [2.45, 2.75) is 6.54 Å². The largest absolute Gasteiger partial charge is 0.369 e. The van der Waals surface area contributed by atoms with Gasteiger partial charge in [0.15, 0.2) is 0 Å². The Labute approximate surface area is 58.6 Å². The summed E-state index contributed by atoms with van der Waals surface area (Å²) in [6.07, 6.45) is 4.78. The summed E-state index contributed by atoms with van der Waals surface area (Å²) < 4.78 is 1.62. The van der Waals surface area contributed by atoms with Crippen molar-refractivity contribution in [2.75, 3.05) is 0 Å². The normalized spacial score (nSPS) is 9.60. The monoisotopic (exact) mass is 138 g/mol. The molecular weight excluding hydrogens is 130 g/mol. The maximum atomic E-state index is 10.2. The lowest BCUT2D eigenvalue weighted by Crippen LogP contribution is -2.14. The van der Waals surface area contributed by atoms with Crippen molar-refractivity contribution in [1.82, 2.24) is 9.78 Å². The zero-order chi connectivity index (χ0) is 7.40. The molecule has 0 aromatic carbocycles. The number of hydrogen-bond donors (Lipinski definition) is 1. The number of nitrogens with zero attached hydrogens (tertiary/aromatic N) is 2. The van der Waals surface area contributed by atoms with E-state index >= 15 is 0 Å². The molecule has 0 aliphatic rings. The van der Waals surface area contributed by atoms with Crippen LogP contribution in [0.3, 0.4) is 0 Å². The van der Waals surface area contributed by atoms with Crippen LogP contribution in [-0.2, 0) is 11.3 Å². The van der Waals surface area contributed by atoms with Crippen molar-refractivity contribution < 1.29 is 4.79 Å². The Kier molecular flexibility index (Phi) is 2.04. The summed E-state index contributed by atoms with van der Waals surface area (Å²) in [7, 11) is 0. The lowest BCUT2D eigenvalue weighted by molar-refractivity contribution is -0.115. The van der Waals surface area contributed by atoms with Gasteiger partial charge in [0.25, 0.3) is 0 Å². The number of carbonyl (C=O) groups excluding carboxylic acids is 1. The fourth-order valence-corrected chi connectivity index (χ4v) is 0.592. The van der Waals surface area contributed by atoms with Crippen molar-refractivity contribution in [1.29, 1.82) is 0 Å². The van der Waals surface area contributed by atoms with Crippen LogP contribution in [-0.4, -0.2) is 15.7 Å². The molecule has 0 saturated heterocycles. The minimum absolute atomic E-state index is 0.421. The van der Waals surface area contributed by atoms with Crippen molar-refractivity contribution >= 4 is 5.91 Å². The molecule has 1 radical (unpaired) electrons. The Morgan fingerprint density at radius 3 is 3.10 bits per heavy atom. The lowest BCUT2D eigenvalue weighted by Gasteiger charge is -1.95. The van der Waals surface area contributed by atoms with Crippen LogP contribution >= 0.6 is 0 Å². The standard InChI is InChI=1S/C6H8N3O/c7-6(10)2-5-9-4-1-3-8-9/h1-4H,5H2,(H2,7,10). The Morgan fingerprint density at radius 2 is 2.60 bits per heavy atom. The summed E-state index contributed by atoms with van der Waals surface area (Å²) in [6, 6.07) is 1.79. The Balaban J connectivity index is 2.35. The molecule has 1 amide bonds. The molecule has 0 fully saturated rings. The van der Waals surface area contributed by atoms with Crippen LogP contribution in [0.1, 0.15) is 0 Å². The van der Waals surface area contributed by atoms with E-state index in [2.05, 4.69) is 5.10 Å². The second kappa shape index (κ2) is 3.00. The topological polar surface area (TPSA) is 60.9 Å². The van der Waals surface area contributed by atoms with Crippen molar-refractivity contribution in [3.8, 4) is 0 Å². The minimum atomic E-state index is -0.421. The van der Waals surface area contributed by atoms with Crippen LogP contribution in [0.2, 0.25) is 0 Å². The summed E-state index contributed by atoms with van der Waals surface area (Å²) in [5.41, 5.74) is 4.87. The van der Waals surface area contributed by atoms with Crippen LogP contribution in [0.5, 0.6) is 0 Å². The highest BCUT2D eigenvalue weighted by Crippen LogP contribution is 1.85. The first-order valence-electron chi connectivity index (χ1n) is 2.89. The first-order chi connectivity index (χ1) is 4.79. The fraction of sp³-hybridized carbons (Fsp3) is 0.167. The second-order valence-electron chi connectivity index (χ2n) is 1.83. The van der Waals surface area contributed by atoms with Gasteiger partial charge in [0.05, 0.1) is 13.0 Å². The molecule has 0 spiro atoms. The zero-order valence-corrected chi connectivity index (χ0v) is 5.40. The highest BCUT2D eigenvalue weighted by atomic mass is 16.1. The molecule has 53 valence electrons. The highest BCUT2D eigenvalue weighted by Gasteiger charge is 1.94. The van der Waals surface area contributed by atoms with E-state index in [1.807, 2.05) is 0 Å². The molecule has 1 aromatic heterocycles. The summed E-state index contributed by atoms with van der Waals surface area (Å²) in [5, 5.41) is 3.87. The van der Waals surface area contributed by atoms with Crippen LogP contribution in [0.25, 0.3) is 0 Å². The molecule has 0 unspecified atom stereocenters. The molecule has 0 aliphatic heterocycles. The average Bonchev–Trinajstić information content (AvgIpc) is 2.34. The molecule has 0 aliphatic carbocycles. The smallest absolute Gasteiger partial charge is 0.223 e. The molecule has 1 aromatic rings. The molecule has 0 atom stereocenters. The SMILES string of the molecule is NC(=O)[CH]Cn1cccn1. The maximum absolute atomic E-state index is 10.2. The number of hydrogen-bond acceptors (Lipinski definition) is 2. The Morgan fingerprint density at radius 1 is 1.80 bits per heavy atom. The lowest BCUT2D eigenvalue weighted by atomic mass is 10.4. The Bertz CT molecular complexity index is 205. The summed E-state index contributed by atoms with van der Waals surface area (Å²) in [4.78, 5) is 10.2. The van der Waals surface area contributed by atoms with Crippen LogP contribution < -0.4 is 5.73 Å². The van der Waals surface area contributed by atoms with E-state index in [0.717, 1.165) is 0 Å². The molecule has 1 heterocycles. The summed E-state index contributed by atoms with van der Waals surface area (Å²) in [6.45, 7) is 0.447. The van der Waals surface area contributed by atoms with E-state index in [4.69, 9.17) is 5.73 Å². The van der Waals surface area contributed by atoms with E-state index < -0.39 is 5.91 Å². The molecule has 10 heavy (non-hydrogen) atoms. The van der Waals surface area contributed by atoms with Crippen LogP contribution in [0.15, 0.2) is 18.5 Å². The van der Waals surface area contributed by atoms with Crippen molar-refractivity contribution in [2.24, 2.45) is 5.73 Å². The number of primary amides is 1. The van der Waals surface area contributed by atoms with Gasteiger partial charge in [-0.1, -0.05) is 0 Å². The summed E-state index contributed by atoms with van der Waals surface area (Å²) in [5.74, 6) is -0.421. The van der Waals surface area contributed by atoms with E-state index in [-0.39, 0.29) is 0 Å². The number of nitrogens with two attached hydrogens (primary N) is 1. The van der Waals surface area contributed by atoms with Gasteiger partial charge in [-0.2, -0.15) is 5.10 Å². The predicted octanol–water partition coefficient (Wildman–Crippen LogP) is -0.427. The van der Waals surface area contributed by atoms with Gasteiger partial charge < -0.3 is 5.73 Å². The Hall–Kier alpha value is -1.32. The number of rotatable bonds is 3. The number of amides is 1. The molecule has 0 bridgehead atoms. The van der Waals surface area contributed by atoms with Gasteiger partial charge in [0.1, 0.15) is 0 Å². The first kappa shape index (κ1) is 6.80. The molecule has 4 heteroatoms.